The van der Waals surface area contributed by atoms with E-state index in [0.717, 1.165) is 0 Å². The van der Waals surface area contributed by atoms with E-state index in [9.17, 15) is 19.2 Å². The molecule has 12 nitrogen and oxygen atoms in total. The lowest BCUT2D eigenvalue weighted by Crippen LogP contribution is -2.44. The number of benzene rings is 1. The molecule has 5 N–H and O–H groups in total. The average molecular weight is 512 g/mol. The van der Waals surface area contributed by atoms with Gasteiger partial charge in [-0.2, -0.15) is 4.98 Å². The Hall–Kier alpha value is -4.35. The second-order valence-corrected chi connectivity index (χ2v) is 8.72. The number of carbonyl (C=O) groups is 3. The first-order valence-electron chi connectivity index (χ1n) is 11.9. The second kappa shape index (κ2) is 13.1. The predicted molar refractivity (Wildman–Crippen MR) is 140 cm³/mol. The van der Waals surface area contributed by atoms with Crippen molar-refractivity contribution in [1.82, 2.24) is 25.3 Å². The van der Waals surface area contributed by atoms with Crippen molar-refractivity contribution in [3.8, 4) is 0 Å². The average Bonchev–Trinajstić information content (AvgIpc) is 2.85. The Morgan fingerprint density at radius 3 is 2.46 bits per heavy atom. The van der Waals surface area contributed by atoms with Crippen LogP contribution >= 0.6 is 0 Å². The number of aromatic amines is 1. The van der Waals surface area contributed by atoms with Gasteiger partial charge in [-0.3, -0.25) is 14.6 Å². The maximum absolute atomic E-state index is 12.7. The van der Waals surface area contributed by atoms with Gasteiger partial charge in [0.2, 0.25) is 5.95 Å². The van der Waals surface area contributed by atoms with Gasteiger partial charge in [-0.15, -0.1) is 0 Å². The number of nitrogen functional groups attached to an aromatic ring is 1. The molecule has 0 aliphatic rings. The number of esters is 1. The molecular formula is C25H33N7O5. The van der Waals surface area contributed by atoms with E-state index in [-0.39, 0.29) is 36.5 Å². The summed E-state index contributed by atoms with van der Waals surface area (Å²) in [5, 5.41) is 5.77. The van der Waals surface area contributed by atoms with Crippen LogP contribution in [0, 0.1) is 0 Å². The van der Waals surface area contributed by atoms with Gasteiger partial charge in [0.25, 0.3) is 11.5 Å². The number of nitrogens with two attached hydrogens (primary N) is 1. The van der Waals surface area contributed by atoms with Gasteiger partial charge in [0, 0.05) is 17.7 Å². The number of hydrogen-bond donors (Lipinski definition) is 4. The summed E-state index contributed by atoms with van der Waals surface area (Å²) in [7, 11) is 0. The highest BCUT2D eigenvalue weighted by Gasteiger charge is 2.26. The van der Waals surface area contributed by atoms with Crippen LogP contribution in [-0.2, 0) is 20.9 Å². The Kier molecular flexibility index (Phi) is 10.2. The normalized spacial score (nSPS) is 11.6. The highest BCUT2D eigenvalue weighted by Crippen LogP contribution is 2.14. The molecule has 3 aromatic rings. The number of fused-ring (bicyclic) bond motifs is 1. The minimum atomic E-state index is -0.941. The minimum absolute atomic E-state index is 0.0343. The van der Waals surface area contributed by atoms with E-state index in [2.05, 4.69) is 30.6 Å². The molecule has 1 amide bonds. The van der Waals surface area contributed by atoms with Crippen LogP contribution in [0.4, 0.5) is 11.6 Å². The molecule has 2 heterocycles. The molecule has 0 saturated heterocycles. The van der Waals surface area contributed by atoms with E-state index in [0.29, 0.717) is 23.2 Å². The van der Waals surface area contributed by atoms with Gasteiger partial charge >= 0.3 is 5.97 Å². The van der Waals surface area contributed by atoms with Crippen LogP contribution in [0.25, 0.3) is 11.2 Å². The molecule has 0 radical (unpaired) electrons. The third kappa shape index (κ3) is 8.67. The van der Waals surface area contributed by atoms with Gasteiger partial charge in [-0.1, -0.05) is 13.8 Å². The third-order valence-electron chi connectivity index (χ3n) is 4.68. The van der Waals surface area contributed by atoms with Gasteiger partial charge in [0.05, 0.1) is 18.4 Å². The van der Waals surface area contributed by atoms with Crippen molar-refractivity contribution in [3.63, 3.8) is 0 Å². The number of nitrogens with zero attached hydrogens (tertiary/aromatic N) is 3. The van der Waals surface area contributed by atoms with E-state index >= 15 is 0 Å². The Morgan fingerprint density at radius 2 is 1.84 bits per heavy atom. The van der Waals surface area contributed by atoms with E-state index in [1.54, 1.807) is 45.0 Å². The van der Waals surface area contributed by atoms with Crippen molar-refractivity contribution in [3.05, 3.63) is 52.1 Å². The van der Waals surface area contributed by atoms with Gasteiger partial charge in [-0.25, -0.2) is 14.8 Å². The number of ether oxygens (including phenoxy) is 1. The molecule has 37 heavy (non-hydrogen) atoms. The lowest BCUT2D eigenvalue weighted by atomic mass is 10.1. The molecule has 0 spiro atoms. The zero-order chi connectivity index (χ0) is 27.6. The lowest BCUT2D eigenvalue weighted by Gasteiger charge is -2.24. The van der Waals surface area contributed by atoms with Gasteiger partial charge in [0.1, 0.15) is 17.9 Å². The molecule has 198 valence electrons. The summed E-state index contributed by atoms with van der Waals surface area (Å²) in [6.07, 6.45) is 2.42. The van der Waals surface area contributed by atoms with Crippen LogP contribution in [0.3, 0.4) is 0 Å². The summed E-state index contributed by atoms with van der Waals surface area (Å²) >= 11 is 0. The Bertz CT molecular complexity index is 1280. The first kappa shape index (κ1) is 28.9. The summed E-state index contributed by atoms with van der Waals surface area (Å²) in [5.74, 6) is -1.10. The molecule has 0 bridgehead atoms. The van der Waals surface area contributed by atoms with Crippen LogP contribution in [0.2, 0.25) is 0 Å². The van der Waals surface area contributed by atoms with Crippen molar-refractivity contribution in [2.75, 3.05) is 11.1 Å². The number of carbonyl (C=O) groups excluding carboxylic acids is 3. The standard InChI is InChI=1S/C23H27N7O5.C2H6/c1-23(2,3)35-21(34)16(5-4-10-31)28-19(32)13-6-8-14(9-7-13)25-11-15-12-26-18-17(27-15)20(33)30-22(24)29-18;1-2/h6-10,12,16,25H,4-5,11H2,1-3H3,(H,28,32)(H3,24,26,29,30,33);1-2H3. The molecule has 1 unspecified atom stereocenters. The predicted octanol–water partition coefficient (Wildman–Crippen LogP) is 2.35. The quantitative estimate of drug-likeness (QED) is 0.246. The third-order valence-corrected chi connectivity index (χ3v) is 4.68. The smallest absolute Gasteiger partial charge is 0.329 e. The van der Waals surface area contributed by atoms with Gasteiger partial charge < -0.3 is 25.9 Å². The number of H-pyrrole nitrogens is 1. The first-order chi connectivity index (χ1) is 17.6. The van der Waals surface area contributed by atoms with Crippen LogP contribution in [0.5, 0.6) is 0 Å². The fraction of sp³-hybridized carbons (Fsp3) is 0.400. The number of nitrogens with one attached hydrogen (secondary N) is 3. The molecule has 2 aromatic heterocycles. The number of amides is 1. The molecular weight excluding hydrogens is 478 g/mol. The monoisotopic (exact) mass is 511 g/mol. The number of anilines is 2. The van der Waals surface area contributed by atoms with Crippen molar-refractivity contribution in [1.29, 1.82) is 0 Å². The maximum atomic E-state index is 12.7. The summed E-state index contributed by atoms with van der Waals surface area (Å²) in [5.41, 5.74) is 6.07. The topological polar surface area (TPSA) is 182 Å². The molecule has 0 fully saturated rings. The summed E-state index contributed by atoms with van der Waals surface area (Å²) in [6.45, 7) is 9.45. The molecule has 1 atom stereocenters. The maximum Gasteiger partial charge on any atom is 0.329 e. The van der Waals surface area contributed by atoms with Crippen molar-refractivity contribution in [2.24, 2.45) is 0 Å². The Labute approximate surface area is 214 Å². The fourth-order valence-electron chi connectivity index (χ4n) is 3.09. The van der Waals surface area contributed by atoms with E-state index < -0.39 is 29.1 Å². The fourth-order valence-corrected chi connectivity index (χ4v) is 3.09. The highest BCUT2D eigenvalue weighted by molar-refractivity contribution is 5.97. The summed E-state index contributed by atoms with van der Waals surface area (Å²) < 4.78 is 5.34. The van der Waals surface area contributed by atoms with Crippen LogP contribution in [0.15, 0.2) is 35.3 Å². The molecule has 0 aliphatic heterocycles. The summed E-state index contributed by atoms with van der Waals surface area (Å²) in [4.78, 5) is 62.5. The molecule has 12 heteroatoms. The number of aldehydes is 1. The van der Waals surface area contributed by atoms with Crippen molar-refractivity contribution < 1.29 is 19.1 Å². The number of hydrogen-bond acceptors (Lipinski definition) is 10. The second-order valence-electron chi connectivity index (χ2n) is 8.72. The Balaban J connectivity index is 0.00000235. The van der Waals surface area contributed by atoms with E-state index in [1.807, 2.05) is 13.8 Å². The number of rotatable bonds is 9. The van der Waals surface area contributed by atoms with E-state index in [1.165, 1.54) is 6.20 Å². The van der Waals surface area contributed by atoms with Crippen molar-refractivity contribution in [2.45, 2.75) is 65.6 Å². The lowest BCUT2D eigenvalue weighted by molar-refractivity contribution is -0.157. The summed E-state index contributed by atoms with van der Waals surface area (Å²) in [6, 6.07) is 5.61. The first-order valence-corrected chi connectivity index (χ1v) is 11.9. The molecule has 0 saturated carbocycles. The van der Waals surface area contributed by atoms with Crippen LogP contribution in [0.1, 0.15) is 63.5 Å². The van der Waals surface area contributed by atoms with Crippen molar-refractivity contribution >= 4 is 41.0 Å². The minimum Gasteiger partial charge on any atom is -0.458 e. The van der Waals surface area contributed by atoms with Gasteiger partial charge in [-0.05, 0) is 51.5 Å². The SMILES string of the molecule is CC.CC(C)(C)OC(=O)C(CCC=O)NC(=O)c1ccc(NCc2cnc3nc(N)[nH]c(=O)c3n2)cc1. The highest BCUT2D eigenvalue weighted by atomic mass is 16.6. The van der Waals surface area contributed by atoms with Crippen LogP contribution < -0.4 is 21.9 Å². The van der Waals surface area contributed by atoms with Crippen LogP contribution in [-0.4, -0.2) is 49.7 Å². The number of aromatic nitrogens is 4. The largest absolute Gasteiger partial charge is 0.458 e. The molecule has 3 rings (SSSR count). The van der Waals surface area contributed by atoms with Gasteiger partial charge in [0.15, 0.2) is 11.2 Å². The zero-order valence-corrected chi connectivity index (χ0v) is 21.6. The zero-order valence-electron chi connectivity index (χ0n) is 21.6. The molecule has 0 aliphatic carbocycles. The van der Waals surface area contributed by atoms with E-state index in [4.69, 9.17) is 10.5 Å². The molecule has 1 aromatic carbocycles. The Morgan fingerprint density at radius 1 is 1.16 bits per heavy atom.